The number of alkyl halides is 6. The molecule has 1 aliphatic carbocycles. The summed E-state index contributed by atoms with van der Waals surface area (Å²) in [6, 6.07) is 5.85. The number of aliphatic hydroxyl groups is 1. The van der Waals surface area contributed by atoms with Crippen molar-refractivity contribution in [2.24, 2.45) is 5.92 Å². The number of carbonyl (C=O) groups is 1. The minimum absolute atomic E-state index is 0.00601. The van der Waals surface area contributed by atoms with Crippen LogP contribution < -0.4 is 10.6 Å². The molecular formula is C31H37Cl2F6N3O2. The van der Waals surface area contributed by atoms with E-state index in [9.17, 15) is 36.2 Å². The highest BCUT2D eigenvalue weighted by molar-refractivity contribution is 6.42. The average Bonchev–Trinajstić information content (AvgIpc) is 3.46. The zero-order valence-corrected chi connectivity index (χ0v) is 25.6. The molecule has 1 atom stereocenters. The number of nitrogens with one attached hydrogen (secondary N) is 2. The molecule has 0 bridgehead atoms. The van der Waals surface area contributed by atoms with E-state index in [1.54, 1.807) is 18.2 Å². The molecule has 1 saturated heterocycles. The van der Waals surface area contributed by atoms with Gasteiger partial charge in [-0.2, -0.15) is 26.3 Å². The van der Waals surface area contributed by atoms with Gasteiger partial charge in [-0.3, -0.25) is 4.79 Å². The monoisotopic (exact) mass is 667 g/mol. The number of hydrogen-bond acceptors (Lipinski definition) is 4. The lowest BCUT2D eigenvalue weighted by Crippen LogP contribution is -2.49. The molecule has 0 radical (unpaired) electrons. The Morgan fingerprint density at radius 3 is 2.11 bits per heavy atom. The minimum atomic E-state index is -5.06. The highest BCUT2D eigenvalue weighted by Crippen LogP contribution is 2.37. The molecule has 1 unspecified atom stereocenters. The van der Waals surface area contributed by atoms with Gasteiger partial charge in [0.1, 0.15) is 0 Å². The maximum absolute atomic E-state index is 13.3. The van der Waals surface area contributed by atoms with Crippen molar-refractivity contribution < 1.29 is 36.2 Å². The number of hydrogen-bond donors (Lipinski definition) is 3. The van der Waals surface area contributed by atoms with Gasteiger partial charge in [-0.15, -0.1) is 0 Å². The summed E-state index contributed by atoms with van der Waals surface area (Å²) in [5.41, 5.74) is -3.24. The molecule has 2 aromatic rings. The van der Waals surface area contributed by atoms with Gasteiger partial charge in [-0.1, -0.05) is 42.1 Å². The maximum atomic E-state index is 13.3. The Morgan fingerprint density at radius 2 is 1.57 bits per heavy atom. The largest absolute Gasteiger partial charge is 0.416 e. The van der Waals surface area contributed by atoms with Gasteiger partial charge in [0, 0.05) is 23.6 Å². The Balaban J connectivity index is 1.39. The van der Waals surface area contributed by atoms with Crippen LogP contribution in [0, 0.1) is 5.92 Å². The van der Waals surface area contributed by atoms with Crippen molar-refractivity contribution in [3.63, 3.8) is 0 Å². The average molecular weight is 669 g/mol. The second-order valence-corrected chi connectivity index (χ2v) is 12.8. The summed E-state index contributed by atoms with van der Waals surface area (Å²) < 4.78 is 79.9. The molecule has 4 rings (SSSR count). The molecular weight excluding hydrogens is 631 g/mol. The van der Waals surface area contributed by atoms with Gasteiger partial charge in [0.25, 0.3) is 5.91 Å². The number of rotatable bonds is 11. The normalized spacial score (nSPS) is 18.8. The third-order valence-electron chi connectivity index (χ3n) is 8.90. The Hall–Kier alpha value is -2.05. The summed E-state index contributed by atoms with van der Waals surface area (Å²) in [7, 11) is 0. The Labute approximate surface area is 263 Å². The van der Waals surface area contributed by atoms with Gasteiger partial charge in [0.15, 0.2) is 0 Å². The standard InChI is InChI=1S/C31H37Cl2F6N3O2/c32-26-4-3-21(15-27(26)33)22(7-12-42-10-5-20(6-11-42)17-41-29(19-43)8-1-2-9-29)18-40-28(44)23-13-24(30(34,35)36)16-25(14-23)31(37,38)39/h3-4,13-16,20,22,41,43H,1-2,5-12,17-19H2,(H,40,44). The summed E-state index contributed by atoms with van der Waals surface area (Å²) in [5, 5.41) is 16.6. The number of amides is 1. The van der Waals surface area contributed by atoms with E-state index >= 15 is 0 Å². The molecule has 44 heavy (non-hydrogen) atoms. The van der Waals surface area contributed by atoms with E-state index in [-0.39, 0.29) is 30.7 Å². The second kappa shape index (κ2) is 14.6. The minimum Gasteiger partial charge on any atom is -0.394 e. The molecule has 2 fully saturated rings. The van der Waals surface area contributed by atoms with Crippen LogP contribution in [0.1, 0.15) is 77.9 Å². The molecule has 244 valence electrons. The number of aliphatic hydroxyl groups excluding tert-OH is 1. The van der Waals surface area contributed by atoms with Crippen molar-refractivity contribution in [1.29, 1.82) is 0 Å². The number of piperidine rings is 1. The number of carbonyl (C=O) groups excluding carboxylic acids is 1. The van der Waals surface area contributed by atoms with Crippen molar-refractivity contribution >= 4 is 29.1 Å². The molecule has 1 aliphatic heterocycles. The Morgan fingerprint density at radius 1 is 0.955 bits per heavy atom. The van der Waals surface area contributed by atoms with Crippen molar-refractivity contribution in [3.05, 3.63) is 68.7 Å². The highest BCUT2D eigenvalue weighted by atomic mass is 35.5. The molecule has 1 heterocycles. The molecule has 0 spiro atoms. The molecule has 1 saturated carbocycles. The van der Waals surface area contributed by atoms with Crippen LogP contribution in [0.3, 0.4) is 0 Å². The van der Waals surface area contributed by atoms with Crippen LogP contribution in [0.25, 0.3) is 0 Å². The fraction of sp³-hybridized carbons (Fsp3) is 0.581. The van der Waals surface area contributed by atoms with E-state index in [0.717, 1.165) is 63.7 Å². The molecule has 5 nitrogen and oxygen atoms in total. The van der Waals surface area contributed by atoms with E-state index < -0.39 is 35.0 Å². The highest BCUT2D eigenvalue weighted by Gasteiger charge is 2.38. The maximum Gasteiger partial charge on any atom is 0.416 e. The van der Waals surface area contributed by atoms with Crippen molar-refractivity contribution in [2.75, 3.05) is 39.3 Å². The van der Waals surface area contributed by atoms with Gasteiger partial charge in [0.2, 0.25) is 0 Å². The summed E-state index contributed by atoms with van der Waals surface area (Å²) in [6.45, 7) is 3.38. The first-order valence-electron chi connectivity index (χ1n) is 14.8. The molecule has 2 aromatic carbocycles. The van der Waals surface area contributed by atoms with E-state index in [1.807, 2.05) is 0 Å². The lowest BCUT2D eigenvalue weighted by Gasteiger charge is -2.36. The predicted octanol–water partition coefficient (Wildman–Crippen LogP) is 7.54. The quantitative estimate of drug-likeness (QED) is 0.217. The third-order valence-corrected chi connectivity index (χ3v) is 9.64. The first-order valence-corrected chi connectivity index (χ1v) is 15.6. The molecule has 2 aliphatic rings. The van der Waals surface area contributed by atoms with Crippen LogP contribution in [0.2, 0.25) is 10.0 Å². The Kier molecular flexibility index (Phi) is 11.5. The number of halogens is 8. The van der Waals surface area contributed by atoms with Gasteiger partial charge in [0.05, 0.1) is 27.8 Å². The first-order chi connectivity index (χ1) is 20.7. The van der Waals surface area contributed by atoms with Gasteiger partial charge >= 0.3 is 12.4 Å². The van der Waals surface area contributed by atoms with E-state index in [0.29, 0.717) is 41.1 Å². The molecule has 1 amide bonds. The van der Waals surface area contributed by atoms with Gasteiger partial charge < -0.3 is 20.6 Å². The topological polar surface area (TPSA) is 64.6 Å². The number of benzene rings is 2. The number of likely N-dealkylation sites (tertiary alicyclic amines) is 1. The summed E-state index contributed by atoms with van der Waals surface area (Å²) in [5.74, 6) is -0.870. The van der Waals surface area contributed by atoms with E-state index in [1.165, 1.54) is 0 Å². The third kappa shape index (κ3) is 9.25. The Bertz CT molecular complexity index is 1240. The SMILES string of the molecule is O=C(NCC(CCN1CCC(CNC2(CO)CCCC2)CC1)c1ccc(Cl)c(Cl)c1)c1cc(C(F)(F)F)cc(C(F)(F)F)c1. The summed E-state index contributed by atoms with van der Waals surface area (Å²) in [4.78, 5) is 15.2. The molecule has 3 N–H and O–H groups in total. The van der Waals surface area contributed by atoms with Crippen LogP contribution in [-0.2, 0) is 12.4 Å². The fourth-order valence-electron chi connectivity index (χ4n) is 6.11. The summed E-state index contributed by atoms with van der Waals surface area (Å²) in [6.07, 6.45) is -3.34. The summed E-state index contributed by atoms with van der Waals surface area (Å²) >= 11 is 12.3. The van der Waals surface area contributed by atoms with Crippen LogP contribution in [-0.4, -0.2) is 60.8 Å². The first kappa shape index (κ1) is 34.8. The van der Waals surface area contributed by atoms with Gasteiger partial charge in [-0.05, 0) is 100 Å². The molecule has 13 heteroatoms. The lowest BCUT2D eigenvalue weighted by atomic mass is 9.92. The van der Waals surface area contributed by atoms with Crippen LogP contribution >= 0.6 is 23.2 Å². The second-order valence-electron chi connectivity index (χ2n) is 12.0. The lowest BCUT2D eigenvalue weighted by molar-refractivity contribution is -0.143. The van der Waals surface area contributed by atoms with E-state index in [2.05, 4.69) is 15.5 Å². The van der Waals surface area contributed by atoms with Crippen LogP contribution in [0.5, 0.6) is 0 Å². The van der Waals surface area contributed by atoms with Crippen LogP contribution in [0.15, 0.2) is 36.4 Å². The fourth-order valence-corrected chi connectivity index (χ4v) is 6.42. The van der Waals surface area contributed by atoms with Crippen molar-refractivity contribution in [2.45, 2.75) is 68.8 Å². The number of nitrogens with zero attached hydrogens (tertiary/aromatic N) is 1. The zero-order chi connectivity index (χ0) is 32.1. The smallest absolute Gasteiger partial charge is 0.394 e. The molecule has 0 aromatic heterocycles. The van der Waals surface area contributed by atoms with Crippen molar-refractivity contribution in [3.8, 4) is 0 Å². The predicted molar refractivity (Wildman–Crippen MR) is 158 cm³/mol. The van der Waals surface area contributed by atoms with Crippen molar-refractivity contribution in [1.82, 2.24) is 15.5 Å². The zero-order valence-electron chi connectivity index (χ0n) is 24.1. The van der Waals surface area contributed by atoms with E-state index in [4.69, 9.17) is 23.2 Å². The van der Waals surface area contributed by atoms with Crippen LogP contribution in [0.4, 0.5) is 26.3 Å². The van der Waals surface area contributed by atoms with Gasteiger partial charge in [-0.25, -0.2) is 0 Å².